The monoisotopic (exact) mass is 394 g/mol. The van der Waals surface area contributed by atoms with Crippen molar-refractivity contribution in [1.29, 1.82) is 0 Å². The molecule has 0 saturated carbocycles. The van der Waals surface area contributed by atoms with Crippen molar-refractivity contribution in [2.45, 2.75) is 44.5 Å². The first-order valence-electron chi connectivity index (χ1n) is 9.68. The predicted octanol–water partition coefficient (Wildman–Crippen LogP) is 4.76. The molecule has 0 radical (unpaired) electrons. The van der Waals surface area contributed by atoms with Gasteiger partial charge in [-0.15, -0.1) is 0 Å². The van der Waals surface area contributed by atoms with Crippen LogP contribution < -0.4 is 10.2 Å². The van der Waals surface area contributed by atoms with E-state index in [1.165, 1.54) is 29.5 Å². The SMILES string of the molecule is Cc1cc(C)cc(CSc2nc(Nc3cc(C)[nH]n3)cc(N3CCCC3)n2)c1. The molecule has 28 heavy (non-hydrogen) atoms. The first-order valence-corrected chi connectivity index (χ1v) is 10.7. The molecule has 1 aliphatic heterocycles. The van der Waals surface area contributed by atoms with Gasteiger partial charge in [-0.2, -0.15) is 5.10 Å². The summed E-state index contributed by atoms with van der Waals surface area (Å²) in [5, 5.41) is 11.3. The molecule has 0 atom stereocenters. The van der Waals surface area contributed by atoms with Crippen molar-refractivity contribution in [2.24, 2.45) is 0 Å². The van der Waals surface area contributed by atoms with Crippen LogP contribution >= 0.6 is 11.8 Å². The molecule has 4 rings (SSSR count). The van der Waals surface area contributed by atoms with Crippen LogP contribution in [-0.2, 0) is 5.75 Å². The van der Waals surface area contributed by atoms with E-state index in [1.807, 2.05) is 19.1 Å². The van der Waals surface area contributed by atoms with Crippen LogP contribution in [0.15, 0.2) is 35.5 Å². The van der Waals surface area contributed by atoms with E-state index >= 15 is 0 Å². The maximum atomic E-state index is 4.83. The topological polar surface area (TPSA) is 69.7 Å². The fourth-order valence-corrected chi connectivity index (χ4v) is 4.35. The fourth-order valence-electron chi connectivity index (χ4n) is 3.56. The highest BCUT2D eigenvalue weighted by Gasteiger charge is 2.16. The van der Waals surface area contributed by atoms with E-state index < -0.39 is 0 Å². The summed E-state index contributed by atoms with van der Waals surface area (Å²) >= 11 is 1.68. The number of aromatic nitrogens is 4. The van der Waals surface area contributed by atoms with E-state index in [-0.39, 0.29) is 0 Å². The highest BCUT2D eigenvalue weighted by Crippen LogP contribution is 2.28. The number of H-pyrrole nitrogens is 1. The van der Waals surface area contributed by atoms with Gasteiger partial charge in [-0.3, -0.25) is 5.10 Å². The summed E-state index contributed by atoms with van der Waals surface area (Å²) in [5.41, 5.74) is 4.90. The van der Waals surface area contributed by atoms with Gasteiger partial charge in [0.15, 0.2) is 11.0 Å². The molecule has 7 heteroatoms. The Morgan fingerprint density at radius 2 is 1.71 bits per heavy atom. The number of rotatable bonds is 6. The maximum absolute atomic E-state index is 4.83. The lowest BCUT2D eigenvalue weighted by Gasteiger charge is -2.18. The number of hydrogen-bond donors (Lipinski definition) is 2. The van der Waals surface area contributed by atoms with Gasteiger partial charge in [0.2, 0.25) is 0 Å². The van der Waals surface area contributed by atoms with Crippen molar-refractivity contribution in [1.82, 2.24) is 20.2 Å². The molecule has 0 bridgehead atoms. The Morgan fingerprint density at radius 1 is 0.964 bits per heavy atom. The van der Waals surface area contributed by atoms with Crippen LogP contribution in [0.25, 0.3) is 0 Å². The average molecular weight is 395 g/mol. The lowest BCUT2D eigenvalue weighted by Crippen LogP contribution is -2.19. The number of benzene rings is 1. The van der Waals surface area contributed by atoms with Crippen LogP contribution in [0.5, 0.6) is 0 Å². The molecule has 2 N–H and O–H groups in total. The Kier molecular flexibility index (Phi) is 5.52. The molecule has 146 valence electrons. The minimum absolute atomic E-state index is 0.772. The molecule has 6 nitrogen and oxygen atoms in total. The minimum Gasteiger partial charge on any atom is -0.356 e. The zero-order chi connectivity index (χ0) is 19.5. The Balaban J connectivity index is 1.57. The molecular weight excluding hydrogens is 368 g/mol. The van der Waals surface area contributed by atoms with Crippen molar-refractivity contribution in [3.63, 3.8) is 0 Å². The van der Waals surface area contributed by atoms with Gasteiger partial charge >= 0.3 is 0 Å². The second-order valence-electron chi connectivity index (χ2n) is 7.43. The summed E-state index contributed by atoms with van der Waals surface area (Å²) in [6.07, 6.45) is 2.44. The minimum atomic E-state index is 0.772. The first-order chi connectivity index (χ1) is 13.5. The number of hydrogen-bond acceptors (Lipinski definition) is 6. The standard InChI is InChI=1S/C21H26N6S/c1-14-8-15(2)10-17(9-14)13-28-21-23-18(22-19-11-16(3)25-26-19)12-20(24-21)27-6-4-5-7-27/h8-12H,4-7,13H2,1-3H3,(H2,22,23,24,25,26). The van der Waals surface area contributed by atoms with Gasteiger partial charge in [0.05, 0.1) is 0 Å². The normalized spacial score (nSPS) is 13.9. The number of anilines is 3. The molecule has 0 unspecified atom stereocenters. The lowest BCUT2D eigenvalue weighted by molar-refractivity contribution is 0.880. The second-order valence-corrected chi connectivity index (χ2v) is 8.38. The molecule has 1 aliphatic rings. The molecular formula is C21H26N6S. The summed E-state index contributed by atoms with van der Waals surface area (Å²) in [6, 6.07) is 10.7. The zero-order valence-electron chi connectivity index (χ0n) is 16.6. The molecule has 3 aromatic rings. The quantitative estimate of drug-likeness (QED) is 0.464. The number of aromatic amines is 1. The van der Waals surface area contributed by atoms with Gasteiger partial charge in [-0.1, -0.05) is 41.1 Å². The van der Waals surface area contributed by atoms with E-state index in [9.17, 15) is 0 Å². The van der Waals surface area contributed by atoms with E-state index in [0.29, 0.717) is 0 Å². The van der Waals surface area contributed by atoms with E-state index in [1.54, 1.807) is 11.8 Å². The fraction of sp³-hybridized carbons (Fsp3) is 0.381. The third kappa shape index (κ3) is 4.65. The van der Waals surface area contributed by atoms with Gasteiger partial charge < -0.3 is 10.2 Å². The van der Waals surface area contributed by atoms with Crippen LogP contribution in [-0.4, -0.2) is 33.3 Å². The van der Waals surface area contributed by atoms with E-state index in [0.717, 1.165) is 47.1 Å². The molecule has 1 fully saturated rings. The molecule has 0 spiro atoms. The zero-order valence-corrected chi connectivity index (χ0v) is 17.4. The molecule has 0 aliphatic carbocycles. The summed E-state index contributed by atoms with van der Waals surface area (Å²) in [4.78, 5) is 11.9. The van der Waals surface area contributed by atoms with E-state index in [4.69, 9.17) is 9.97 Å². The van der Waals surface area contributed by atoms with Gasteiger partial charge in [-0.05, 0) is 39.2 Å². The summed E-state index contributed by atoms with van der Waals surface area (Å²) in [6.45, 7) is 8.37. The highest BCUT2D eigenvalue weighted by molar-refractivity contribution is 7.98. The predicted molar refractivity (Wildman–Crippen MR) is 116 cm³/mol. The molecule has 2 aromatic heterocycles. The van der Waals surface area contributed by atoms with Crippen molar-refractivity contribution in [3.8, 4) is 0 Å². The van der Waals surface area contributed by atoms with Crippen molar-refractivity contribution in [2.75, 3.05) is 23.3 Å². The van der Waals surface area contributed by atoms with Gasteiger partial charge in [0.25, 0.3) is 0 Å². The first kappa shape index (κ1) is 18.8. The third-order valence-electron chi connectivity index (χ3n) is 4.73. The average Bonchev–Trinajstić information content (AvgIpc) is 3.31. The van der Waals surface area contributed by atoms with Gasteiger partial charge in [0.1, 0.15) is 11.6 Å². The van der Waals surface area contributed by atoms with Crippen LogP contribution in [0.1, 0.15) is 35.2 Å². The summed E-state index contributed by atoms with van der Waals surface area (Å²) in [5.74, 6) is 3.40. The maximum Gasteiger partial charge on any atom is 0.191 e. The largest absolute Gasteiger partial charge is 0.356 e. The van der Waals surface area contributed by atoms with Gasteiger partial charge in [0, 0.05) is 36.7 Å². The van der Waals surface area contributed by atoms with Crippen molar-refractivity contribution < 1.29 is 0 Å². The third-order valence-corrected chi connectivity index (χ3v) is 5.65. The molecule has 1 aromatic carbocycles. The van der Waals surface area contributed by atoms with Crippen LogP contribution in [0.3, 0.4) is 0 Å². The van der Waals surface area contributed by atoms with E-state index in [2.05, 4.69) is 52.5 Å². The molecule has 1 saturated heterocycles. The van der Waals surface area contributed by atoms with Crippen LogP contribution in [0, 0.1) is 20.8 Å². The number of aryl methyl sites for hydroxylation is 3. The lowest BCUT2D eigenvalue weighted by atomic mass is 10.1. The molecule has 3 heterocycles. The Bertz CT molecular complexity index is 941. The number of thioether (sulfide) groups is 1. The Morgan fingerprint density at radius 3 is 2.39 bits per heavy atom. The second kappa shape index (κ2) is 8.22. The van der Waals surface area contributed by atoms with Crippen molar-refractivity contribution in [3.05, 3.63) is 52.7 Å². The summed E-state index contributed by atoms with van der Waals surface area (Å²) < 4.78 is 0. The van der Waals surface area contributed by atoms with Crippen molar-refractivity contribution >= 4 is 29.2 Å². The highest BCUT2D eigenvalue weighted by atomic mass is 32.2. The van der Waals surface area contributed by atoms with Gasteiger partial charge in [-0.25, -0.2) is 9.97 Å². The molecule has 0 amide bonds. The van der Waals surface area contributed by atoms with Crippen LogP contribution in [0.4, 0.5) is 17.5 Å². The smallest absolute Gasteiger partial charge is 0.191 e. The number of nitrogens with one attached hydrogen (secondary N) is 2. The summed E-state index contributed by atoms with van der Waals surface area (Å²) in [7, 11) is 0. The Hall–Kier alpha value is -2.54. The Labute approximate surface area is 170 Å². The number of nitrogens with zero attached hydrogens (tertiary/aromatic N) is 4. The van der Waals surface area contributed by atoms with Crippen LogP contribution in [0.2, 0.25) is 0 Å².